The quantitative estimate of drug-likeness (QED) is 0.820. The summed E-state index contributed by atoms with van der Waals surface area (Å²) in [6.07, 6.45) is 5.68. The summed E-state index contributed by atoms with van der Waals surface area (Å²) < 4.78 is 0. The van der Waals surface area contributed by atoms with E-state index < -0.39 is 0 Å². The number of anilines is 2. The summed E-state index contributed by atoms with van der Waals surface area (Å²) >= 11 is 0. The monoisotopic (exact) mass is 263 g/mol. The minimum Gasteiger partial charge on any atom is -0.364 e. The van der Waals surface area contributed by atoms with Crippen LogP contribution in [0.2, 0.25) is 0 Å². The molecule has 0 amide bonds. The molecule has 1 saturated carbocycles. The molecule has 0 aromatic carbocycles. The number of rotatable bonds is 6. The van der Waals surface area contributed by atoms with Gasteiger partial charge in [-0.15, -0.1) is 0 Å². The fraction of sp³-hybridized carbons (Fsp3) is 0.714. The first-order valence-electron chi connectivity index (χ1n) is 7.01. The van der Waals surface area contributed by atoms with Gasteiger partial charge in [0.1, 0.15) is 18.0 Å². The lowest BCUT2D eigenvalue weighted by atomic mass is 9.85. The van der Waals surface area contributed by atoms with Gasteiger partial charge in [-0.2, -0.15) is 0 Å². The molecule has 1 fully saturated rings. The maximum atomic E-state index is 5.73. The molecule has 5 heteroatoms. The maximum Gasteiger partial charge on any atom is 0.133 e. The van der Waals surface area contributed by atoms with Crippen LogP contribution in [0.5, 0.6) is 0 Å². The van der Waals surface area contributed by atoms with Crippen LogP contribution < -0.4 is 16.0 Å². The largest absolute Gasteiger partial charge is 0.364 e. The Kier molecular flexibility index (Phi) is 4.24. The van der Waals surface area contributed by atoms with E-state index in [1.165, 1.54) is 19.3 Å². The Hall–Kier alpha value is -1.36. The molecular weight excluding hydrogens is 238 g/mol. The Morgan fingerprint density at radius 2 is 2.16 bits per heavy atom. The Balaban J connectivity index is 2.01. The molecule has 0 saturated heterocycles. The van der Waals surface area contributed by atoms with Gasteiger partial charge in [0.05, 0.1) is 0 Å². The van der Waals surface area contributed by atoms with Crippen molar-refractivity contribution in [3.63, 3.8) is 0 Å². The average Bonchev–Trinajstić information content (AvgIpc) is 2.33. The average molecular weight is 263 g/mol. The molecule has 0 aliphatic heterocycles. The number of aromatic nitrogens is 2. The molecule has 1 aromatic rings. The predicted molar refractivity (Wildman–Crippen MR) is 79.4 cm³/mol. The third kappa shape index (κ3) is 3.80. The van der Waals surface area contributed by atoms with Crippen molar-refractivity contribution in [2.45, 2.75) is 38.6 Å². The molecular formula is C14H25N5. The van der Waals surface area contributed by atoms with E-state index in [0.29, 0.717) is 6.54 Å². The van der Waals surface area contributed by atoms with Gasteiger partial charge >= 0.3 is 0 Å². The van der Waals surface area contributed by atoms with E-state index in [2.05, 4.69) is 41.1 Å². The van der Waals surface area contributed by atoms with Crippen LogP contribution in [0, 0.1) is 5.92 Å². The Morgan fingerprint density at radius 3 is 2.74 bits per heavy atom. The first kappa shape index (κ1) is 14.1. The van der Waals surface area contributed by atoms with Crippen LogP contribution in [0.4, 0.5) is 11.6 Å². The number of nitrogens with zero attached hydrogens (tertiary/aromatic N) is 3. The maximum absolute atomic E-state index is 5.73. The smallest absolute Gasteiger partial charge is 0.133 e. The second-order valence-electron chi connectivity index (χ2n) is 6.15. The van der Waals surface area contributed by atoms with E-state index in [1.807, 2.05) is 6.07 Å². The fourth-order valence-electron chi connectivity index (χ4n) is 2.18. The van der Waals surface area contributed by atoms with Gasteiger partial charge in [-0.1, -0.05) is 6.42 Å². The van der Waals surface area contributed by atoms with E-state index >= 15 is 0 Å². The van der Waals surface area contributed by atoms with Gasteiger partial charge < -0.3 is 16.0 Å². The molecule has 1 heterocycles. The summed E-state index contributed by atoms with van der Waals surface area (Å²) in [7, 11) is 2.10. The summed E-state index contributed by atoms with van der Waals surface area (Å²) in [5.41, 5.74) is 5.57. The lowest BCUT2D eigenvalue weighted by Crippen LogP contribution is -2.39. The topological polar surface area (TPSA) is 67.1 Å². The van der Waals surface area contributed by atoms with Gasteiger partial charge in [-0.25, -0.2) is 9.97 Å². The van der Waals surface area contributed by atoms with Crippen molar-refractivity contribution in [3.8, 4) is 0 Å². The first-order valence-corrected chi connectivity index (χ1v) is 7.01. The molecule has 0 unspecified atom stereocenters. The summed E-state index contributed by atoms with van der Waals surface area (Å²) in [6, 6.07) is 2.00. The third-order valence-corrected chi connectivity index (χ3v) is 3.78. The molecule has 2 rings (SSSR count). The number of nitrogens with two attached hydrogens (primary N) is 1. The van der Waals surface area contributed by atoms with Crippen molar-refractivity contribution >= 4 is 11.6 Å². The Labute approximate surface area is 115 Å². The number of hydrogen-bond donors (Lipinski definition) is 2. The van der Waals surface area contributed by atoms with E-state index in [-0.39, 0.29) is 5.54 Å². The van der Waals surface area contributed by atoms with Crippen molar-refractivity contribution in [1.29, 1.82) is 0 Å². The van der Waals surface area contributed by atoms with Gasteiger partial charge in [0.15, 0.2) is 0 Å². The van der Waals surface area contributed by atoms with Crippen LogP contribution in [0.3, 0.4) is 0 Å². The summed E-state index contributed by atoms with van der Waals surface area (Å²) in [6.45, 7) is 5.76. The molecule has 1 aliphatic rings. The summed E-state index contributed by atoms with van der Waals surface area (Å²) in [4.78, 5) is 10.8. The second kappa shape index (κ2) is 5.74. The van der Waals surface area contributed by atoms with E-state index in [9.17, 15) is 0 Å². The zero-order chi connectivity index (χ0) is 13.9. The lowest BCUT2D eigenvalue weighted by Gasteiger charge is -2.31. The normalized spacial score (nSPS) is 16.0. The highest BCUT2D eigenvalue weighted by Crippen LogP contribution is 2.28. The number of nitrogens with one attached hydrogen (secondary N) is 1. The summed E-state index contributed by atoms with van der Waals surface area (Å²) in [5, 5.41) is 3.34. The minimum atomic E-state index is -0.155. The van der Waals surface area contributed by atoms with E-state index in [1.54, 1.807) is 6.33 Å². The third-order valence-electron chi connectivity index (χ3n) is 3.78. The molecule has 0 atom stereocenters. The molecule has 0 radical (unpaired) electrons. The molecule has 19 heavy (non-hydrogen) atoms. The lowest BCUT2D eigenvalue weighted by molar-refractivity contribution is 0.321. The molecule has 106 valence electrons. The number of hydrogen-bond acceptors (Lipinski definition) is 5. The van der Waals surface area contributed by atoms with E-state index in [0.717, 1.165) is 24.1 Å². The van der Waals surface area contributed by atoms with Gasteiger partial charge in [-0.3, -0.25) is 0 Å². The zero-order valence-electron chi connectivity index (χ0n) is 12.2. The van der Waals surface area contributed by atoms with Crippen LogP contribution in [-0.2, 0) is 0 Å². The molecule has 1 aromatic heterocycles. The SMILES string of the molecule is CN(CC1CCC1)c1cc(NC(C)(C)CN)ncn1. The standard InChI is InChI=1S/C14H25N5/c1-14(2,9-15)18-12-7-13(17-10-16-12)19(3)8-11-5-4-6-11/h7,10-11H,4-6,8-9,15H2,1-3H3,(H,16,17,18). The van der Waals surface area contributed by atoms with Crippen molar-refractivity contribution < 1.29 is 0 Å². The van der Waals surface area contributed by atoms with Gasteiger partial charge in [0.25, 0.3) is 0 Å². The van der Waals surface area contributed by atoms with Gasteiger partial charge in [-0.05, 0) is 32.6 Å². The van der Waals surface area contributed by atoms with Crippen LogP contribution in [-0.4, -0.2) is 35.6 Å². The Morgan fingerprint density at radius 1 is 1.42 bits per heavy atom. The highest BCUT2D eigenvalue weighted by molar-refractivity contribution is 5.49. The Bertz CT molecular complexity index is 414. The minimum absolute atomic E-state index is 0.155. The molecule has 0 spiro atoms. The van der Waals surface area contributed by atoms with Crippen molar-refractivity contribution in [1.82, 2.24) is 9.97 Å². The van der Waals surface area contributed by atoms with E-state index in [4.69, 9.17) is 5.73 Å². The van der Waals surface area contributed by atoms with Crippen LogP contribution in [0.15, 0.2) is 12.4 Å². The highest BCUT2D eigenvalue weighted by Gasteiger charge is 2.20. The predicted octanol–water partition coefficient (Wildman–Crippen LogP) is 1.86. The molecule has 5 nitrogen and oxygen atoms in total. The molecule has 1 aliphatic carbocycles. The first-order chi connectivity index (χ1) is 9.00. The van der Waals surface area contributed by atoms with Crippen molar-refractivity contribution in [3.05, 3.63) is 12.4 Å². The van der Waals surface area contributed by atoms with Crippen molar-refractivity contribution in [2.24, 2.45) is 11.7 Å². The van der Waals surface area contributed by atoms with Crippen LogP contribution >= 0.6 is 0 Å². The highest BCUT2D eigenvalue weighted by atomic mass is 15.2. The molecule has 0 bridgehead atoms. The van der Waals surface area contributed by atoms with Crippen molar-refractivity contribution in [2.75, 3.05) is 30.4 Å². The van der Waals surface area contributed by atoms with Crippen LogP contribution in [0.25, 0.3) is 0 Å². The van der Waals surface area contributed by atoms with Gasteiger partial charge in [0.2, 0.25) is 0 Å². The summed E-state index contributed by atoms with van der Waals surface area (Å²) in [5.74, 6) is 2.63. The second-order valence-corrected chi connectivity index (χ2v) is 6.15. The van der Waals surface area contributed by atoms with Gasteiger partial charge in [0, 0.05) is 31.7 Å². The zero-order valence-corrected chi connectivity index (χ0v) is 12.2. The molecule has 3 N–H and O–H groups in total. The fourth-order valence-corrected chi connectivity index (χ4v) is 2.18. The van der Waals surface area contributed by atoms with Crippen LogP contribution in [0.1, 0.15) is 33.1 Å².